The molecule has 116 valence electrons. The zero-order valence-corrected chi connectivity index (χ0v) is 13.4. The molecule has 1 amide bonds. The van der Waals surface area contributed by atoms with Crippen LogP contribution in [-0.4, -0.2) is 25.7 Å². The van der Waals surface area contributed by atoms with Crippen LogP contribution in [0.5, 0.6) is 5.75 Å². The molecular formula is C17H15N3O2S. The van der Waals surface area contributed by atoms with Crippen molar-refractivity contribution in [1.29, 1.82) is 0 Å². The number of fused-ring (bicyclic) bond motifs is 1. The first-order valence-electron chi connectivity index (χ1n) is 7.29. The van der Waals surface area contributed by atoms with Crippen LogP contribution >= 0.6 is 11.3 Å². The molecule has 0 saturated heterocycles. The van der Waals surface area contributed by atoms with Crippen LogP contribution in [0.4, 0.5) is 0 Å². The monoisotopic (exact) mass is 325 g/mol. The molecule has 0 spiro atoms. The molecule has 1 N–H and O–H groups in total. The zero-order chi connectivity index (χ0) is 16.0. The highest BCUT2D eigenvalue weighted by Crippen LogP contribution is 2.33. The molecule has 3 heterocycles. The lowest BCUT2D eigenvalue weighted by atomic mass is 10.1. The molecule has 1 aromatic carbocycles. The highest BCUT2D eigenvalue weighted by Gasteiger charge is 2.30. The van der Waals surface area contributed by atoms with E-state index < -0.39 is 0 Å². The first kappa shape index (κ1) is 14.0. The normalized spacial score (nSPS) is 13.6. The summed E-state index contributed by atoms with van der Waals surface area (Å²) in [5.74, 6) is -0.0355. The summed E-state index contributed by atoms with van der Waals surface area (Å²) in [7, 11) is 1.89. The van der Waals surface area contributed by atoms with Crippen molar-refractivity contribution in [2.24, 2.45) is 7.05 Å². The van der Waals surface area contributed by atoms with E-state index in [0.717, 1.165) is 20.9 Å². The van der Waals surface area contributed by atoms with Crippen LogP contribution in [0.25, 0.3) is 10.4 Å². The molecule has 1 aliphatic heterocycles. The molecule has 2 aromatic heterocycles. The Labute approximate surface area is 137 Å². The number of aromatic hydroxyl groups is 1. The molecule has 0 atom stereocenters. The van der Waals surface area contributed by atoms with Gasteiger partial charge in [0.25, 0.3) is 5.91 Å². The molecule has 0 unspecified atom stereocenters. The van der Waals surface area contributed by atoms with E-state index in [9.17, 15) is 9.90 Å². The van der Waals surface area contributed by atoms with E-state index in [0.29, 0.717) is 18.7 Å². The van der Waals surface area contributed by atoms with Gasteiger partial charge in [-0.1, -0.05) is 12.1 Å². The fraction of sp³-hybridized carbons (Fsp3) is 0.176. The molecule has 1 aliphatic rings. The summed E-state index contributed by atoms with van der Waals surface area (Å²) in [5, 5.41) is 14.1. The minimum atomic E-state index is -0.102. The second-order valence-corrected chi connectivity index (χ2v) is 6.81. The zero-order valence-electron chi connectivity index (χ0n) is 12.6. The third kappa shape index (κ3) is 2.41. The second-order valence-electron chi connectivity index (χ2n) is 5.64. The van der Waals surface area contributed by atoms with E-state index in [4.69, 9.17) is 0 Å². The Morgan fingerprint density at radius 2 is 2.17 bits per heavy atom. The molecule has 5 nitrogen and oxygen atoms in total. The van der Waals surface area contributed by atoms with E-state index in [1.165, 1.54) is 0 Å². The number of phenolic OH excluding ortho intramolecular Hbond substituents is 1. The lowest BCUT2D eigenvalue weighted by molar-refractivity contribution is 0.0766. The maximum Gasteiger partial charge on any atom is 0.258 e. The predicted molar refractivity (Wildman–Crippen MR) is 88.2 cm³/mol. The lowest BCUT2D eigenvalue weighted by Crippen LogP contribution is -2.22. The largest absolute Gasteiger partial charge is 0.507 e. The SMILES string of the molecule is Cn1cc(-c2ccc(CN3Cc4cccc(O)c4C3=O)s2)cn1. The van der Waals surface area contributed by atoms with Gasteiger partial charge < -0.3 is 10.0 Å². The third-order valence-corrected chi connectivity index (χ3v) is 5.11. The van der Waals surface area contributed by atoms with Gasteiger partial charge in [0.1, 0.15) is 5.75 Å². The molecular weight excluding hydrogens is 310 g/mol. The van der Waals surface area contributed by atoms with E-state index in [2.05, 4.69) is 11.2 Å². The van der Waals surface area contributed by atoms with Crippen LogP contribution in [0.15, 0.2) is 42.7 Å². The molecule has 0 bridgehead atoms. The second kappa shape index (κ2) is 5.24. The summed E-state index contributed by atoms with van der Waals surface area (Å²) in [5.41, 5.74) is 2.41. The summed E-state index contributed by atoms with van der Waals surface area (Å²) < 4.78 is 1.78. The van der Waals surface area contributed by atoms with Crippen LogP contribution in [0.1, 0.15) is 20.8 Å². The van der Waals surface area contributed by atoms with Crippen LogP contribution in [-0.2, 0) is 20.1 Å². The summed E-state index contributed by atoms with van der Waals surface area (Å²) >= 11 is 1.66. The van der Waals surface area contributed by atoms with Crippen molar-refractivity contribution in [3.8, 4) is 16.2 Å². The number of benzene rings is 1. The summed E-state index contributed by atoms with van der Waals surface area (Å²) in [6.45, 7) is 1.10. The summed E-state index contributed by atoms with van der Waals surface area (Å²) in [6.07, 6.45) is 3.81. The number of carbonyl (C=O) groups excluding carboxylic acids is 1. The van der Waals surface area contributed by atoms with Crippen molar-refractivity contribution < 1.29 is 9.90 Å². The smallest absolute Gasteiger partial charge is 0.258 e. The Kier molecular flexibility index (Phi) is 3.20. The Morgan fingerprint density at radius 3 is 2.91 bits per heavy atom. The highest BCUT2D eigenvalue weighted by atomic mass is 32.1. The number of aromatic nitrogens is 2. The number of carbonyl (C=O) groups is 1. The molecule has 6 heteroatoms. The van der Waals surface area contributed by atoms with Crippen LogP contribution in [0.3, 0.4) is 0 Å². The number of hydrogen-bond donors (Lipinski definition) is 1. The van der Waals surface area contributed by atoms with Gasteiger partial charge in [0.05, 0.1) is 18.3 Å². The minimum absolute atomic E-state index is 0.0669. The quantitative estimate of drug-likeness (QED) is 0.805. The van der Waals surface area contributed by atoms with Gasteiger partial charge in [0.2, 0.25) is 0 Å². The number of thiophene rings is 1. The topological polar surface area (TPSA) is 58.4 Å². The highest BCUT2D eigenvalue weighted by molar-refractivity contribution is 7.15. The van der Waals surface area contributed by atoms with Gasteiger partial charge in [-0.25, -0.2) is 0 Å². The van der Waals surface area contributed by atoms with Crippen molar-refractivity contribution >= 4 is 17.2 Å². The standard InChI is InChI=1S/C17H15N3O2S/c1-19-8-12(7-18-19)15-6-5-13(23-15)10-20-9-11-3-2-4-14(21)16(11)17(20)22/h2-8,21H,9-10H2,1H3. The van der Waals surface area contributed by atoms with Gasteiger partial charge in [-0.05, 0) is 23.8 Å². The van der Waals surface area contributed by atoms with Crippen molar-refractivity contribution in [2.45, 2.75) is 13.1 Å². The van der Waals surface area contributed by atoms with E-state index in [-0.39, 0.29) is 11.7 Å². The van der Waals surface area contributed by atoms with Gasteiger partial charge in [-0.3, -0.25) is 9.48 Å². The first-order valence-corrected chi connectivity index (χ1v) is 8.11. The van der Waals surface area contributed by atoms with Gasteiger partial charge in [-0.2, -0.15) is 5.10 Å². The van der Waals surface area contributed by atoms with Crippen LogP contribution in [0, 0.1) is 0 Å². The Bertz CT molecular complexity index is 897. The van der Waals surface area contributed by atoms with Gasteiger partial charge in [0.15, 0.2) is 0 Å². The third-order valence-electron chi connectivity index (χ3n) is 3.99. The van der Waals surface area contributed by atoms with E-state index in [1.807, 2.05) is 31.6 Å². The van der Waals surface area contributed by atoms with Gasteiger partial charge in [-0.15, -0.1) is 11.3 Å². The van der Waals surface area contributed by atoms with Crippen molar-refractivity contribution in [2.75, 3.05) is 0 Å². The number of rotatable bonds is 3. The first-order chi connectivity index (χ1) is 11.1. The maximum absolute atomic E-state index is 12.5. The Morgan fingerprint density at radius 1 is 1.30 bits per heavy atom. The lowest BCUT2D eigenvalue weighted by Gasteiger charge is -2.14. The fourth-order valence-corrected chi connectivity index (χ4v) is 3.88. The molecule has 0 fully saturated rings. The maximum atomic E-state index is 12.5. The molecule has 0 radical (unpaired) electrons. The van der Waals surface area contributed by atoms with Gasteiger partial charge >= 0.3 is 0 Å². The molecule has 0 saturated carbocycles. The van der Waals surface area contributed by atoms with E-state index in [1.54, 1.807) is 33.1 Å². The minimum Gasteiger partial charge on any atom is -0.507 e. The van der Waals surface area contributed by atoms with Crippen molar-refractivity contribution in [1.82, 2.24) is 14.7 Å². The average molecular weight is 325 g/mol. The molecule has 0 aliphatic carbocycles. The Hall–Kier alpha value is -2.60. The number of hydrogen-bond acceptors (Lipinski definition) is 4. The van der Waals surface area contributed by atoms with Crippen molar-refractivity contribution in [3.63, 3.8) is 0 Å². The number of nitrogens with zero attached hydrogens (tertiary/aromatic N) is 3. The van der Waals surface area contributed by atoms with Gasteiger partial charge in [0, 0.05) is 35.1 Å². The van der Waals surface area contributed by atoms with Crippen molar-refractivity contribution in [3.05, 3.63) is 58.7 Å². The predicted octanol–water partition coefficient (Wildman–Crippen LogP) is 3.01. The fourth-order valence-electron chi connectivity index (χ4n) is 2.88. The number of phenols is 1. The number of aryl methyl sites for hydroxylation is 1. The molecule has 3 aromatic rings. The Balaban J connectivity index is 1.55. The van der Waals surface area contributed by atoms with Crippen LogP contribution in [0.2, 0.25) is 0 Å². The van der Waals surface area contributed by atoms with Crippen LogP contribution < -0.4 is 0 Å². The molecule has 4 rings (SSSR count). The number of amides is 1. The average Bonchev–Trinajstić information content (AvgIpc) is 3.21. The molecule has 23 heavy (non-hydrogen) atoms. The van der Waals surface area contributed by atoms with E-state index >= 15 is 0 Å². The summed E-state index contributed by atoms with van der Waals surface area (Å²) in [4.78, 5) is 16.5. The summed E-state index contributed by atoms with van der Waals surface area (Å²) in [6, 6.07) is 9.33.